The van der Waals surface area contributed by atoms with E-state index in [-0.39, 0.29) is 18.1 Å². The smallest absolute Gasteiger partial charge is 0.360 e. The molecule has 1 heterocycles. The molecule has 0 aliphatic rings. The highest BCUT2D eigenvalue weighted by Gasteiger charge is 2.17. The van der Waals surface area contributed by atoms with Gasteiger partial charge in [-0.2, -0.15) is 0 Å². The van der Waals surface area contributed by atoms with E-state index >= 15 is 0 Å². The minimum absolute atomic E-state index is 0.00832. The maximum Gasteiger partial charge on any atom is 0.360 e. The van der Waals surface area contributed by atoms with Crippen molar-refractivity contribution in [3.8, 4) is 0 Å². The predicted molar refractivity (Wildman–Crippen MR) is 83.9 cm³/mol. The molecule has 6 nitrogen and oxygen atoms in total. The topological polar surface area (TPSA) is 90.1 Å². The summed E-state index contributed by atoms with van der Waals surface area (Å²) in [7, 11) is 0. The number of aromatic nitrogens is 2. The molecular weight excluding hydrogens is 336 g/mol. The fourth-order valence-corrected chi connectivity index (χ4v) is 2.08. The van der Waals surface area contributed by atoms with Crippen LogP contribution in [-0.2, 0) is 11.3 Å². The molecule has 0 aliphatic heterocycles. The quantitative estimate of drug-likeness (QED) is 0.805. The van der Waals surface area contributed by atoms with Crippen LogP contribution in [0.3, 0.4) is 0 Å². The first-order chi connectivity index (χ1) is 10.1. The Kier molecular flexibility index (Phi) is 5.10. The van der Waals surface area contributed by atoms with Crippen molar-refractivity contribution in [2.45, 2.75) is 13.5 Å². The number of rotatable bonds is 5. The monoisotopic (exact) mass is 350 g/mol. The average molecular weight is 351 g/mol. The van der Waals surface area contributed by atoms with Crippen molar-refractivity contribution in [2.24, 2.45) is 0 Å². The van der Waals surface area contributed by atoms with Crippen LogP contribution in [0.15, 0.2) is 34.9 Å². The average Bonchev–Trinajstić information content (AvgIpc) is 2.49. The van der Waals surface area contributed by atoms with Crippen LogP contribution in [-0.4, -0.2) is 22.5 Å². The van der Waals surface area contributed by atoms with Gasteiger partial charge in [0.1, 0.15) is 4.60 Å². The van der Waals surface area contributed by atoms with Gasteiger partial charge in [-0.15, -0.1) is 0 Å². The summed E-state index contributed by atoms with van der Waals surface area (Å²) in [6, 6.07) is 9.84. The number of hydrogen-bond donors (Lipinski definition) is 2. The zero-order chi connectivity index (χ0) is 15.2. The molecule has 0 amide bonds. The van der Waals surface area contributed by atoms with E-state index in [0.29, 0.717) is 17.0 Å². The van der Waals surface area contributed by atoms with Crippen molar-refractivity contribution < 1.29 is 9.53 Å². The van der Waals surface area contributed by atoms with Crippen LogP contribution in [0, 0.1) is 0 Å². The first kappa shape index (κ1) is 15.2. The van der Waals surface area contributed by atoms with E-state index in [9.17, 15) is 4.79 Å². The Morgan fingerprint density at radius 2 is 2.05 bits per heavy atom. The number of carbonyl (C=O) groups is 1. The van der Waals surface area contributed by atoms with E-state index in [4.69, 9.17) is 10.5 Å². The standard InChI is InChI=1S/C14H15BrN4O2/c1-2-21-14(20)10-12(16)19-13(11(15)18-10)17-8-9-6-4-3-5-7-9/h3-7H,2,8H2,1H3,(H3,16,17,19). The number of ether oxygens (including phenoxy) is 1. The summed E-state index contributed by atoms with van der Waals surface area (Å²) in [5, 5.41) is 3.12. The number of anilines is 2. The number of nitrogens with two attached hydrogens (primary N) is 1. The van der Waals surface area contributed by atoms with Crippen LogP contribution in [0.4, 0.5) is 11.6 Å². The second-order valence-electron chi connectivity index (χ2n) is 4.16. The maximum atomic E-state index is 11.7. The molecule has 0 bridgehead atoms. The van der Waals surface area contributed by atoms with E-state index in [2.05, 4.69) is 31.2 Å². The van der Waals surface area contributed by atoms with Crippen LogP contribution in [0.1, 0.15) is 23.0 Å². The minimum Gasteiger partial charge on any atom is -0.461 e. The van der Waals surface area contributed by atoms with Crippen LogP contribution in [0.5, 0.6) is 0 Å². The normalized spacial score (nSPS) is 10.2. The Morgan fingerprint density at radius 1 is 1.33 bits per heavy atom. The van der Waals surface area contributed by atoms with E-state index in [1.54, 1.807) is 6.92 Å². The second-order valence-corrected chi connectivity index (χ2v) is 4.91. The lowest BCUT2D eigenvalue weighted by Gasteiger charge is -2.10. The second kappa shape index (κ2) is 7.03. The molecule has 2 rings (SSSR count). The number of halogens is 1. The molecule has 0 aliphatic carbocycles. The van der Waals surface area contributed by atoms with E-state index in [0.717, 1.165) is 5.56 Å². The van der Waals surface area contributed by atoms with Crippen molar-refractivity contribution in [3.05, 3.63) is 46.2 Å². The van der Waals surface area contributed by atoms with E-state index in [1.165, 1.54) is 0 Å². The Balaban J connectivity index is 2.14. The molecule has 7 heteroatoms. The molecule has 0 radical (unpaired) electrons. The summed E-state index contributed by atoms with van der Waals surface area (Å²) in [4.78, 5) is 19.9. The van der Waals surface area contributed by atoms with Gasteiger partial charge in [-0.25, -0.2) is 14.8 Å². The van der Waals surface area contributed by atoms with Gasteiger partial charge < -0.3 is 15.8 Å². The molecule has 21 heavy (non-hydrogen) atoms. The van der Waals surface area contributed by atoms with Crippen LogP contribution in [0.2, 0.25) is 0 Å². The summed E-state index contributed by atoms with van der Waals surface area (Å²) in [5.74, 6) is -0.0746. The number of nitrogens with zero attached hydrogens (tertiary/aromatic N) is 2. The molecule has 2 aromatic rings. The SMILES string of the molecule is CCOC(=O)c1nc(Br)c(NCc2ccccc2)nc1N. The lowest BCUT2D eigenvalue weighted by atomic mass is 10.2. The van der Waals surface area contributed by atoms with Gasteiger partial charge in [0.15, 0.2) is 17.3 Å². The van der Waals surface area contributed by atoms with Crippen molar-refractivity contribution >= 4 is 33.5 Å². The molecule has 0 saturated carbocycles. The summed E-state index contributed by atoms with van der Waals surface area (Å²) < 4.78 is 5.28. The number of carbonyl (C=O) groups excluding carboxylic acids is 1. The Labute approximate surface area is 130 Å². The number of benzene rings is 1. The van der Waals surface area contributed by atoms with E-state index in [1.807, 2.05) is 30.3 Å². The molecule has 0 atom stereocenters. The third-order valence-electron chi connectivity index (χ3n) is 2.65. The van der Waals surface area contributed by atoms with Gasteiger partial charge >= 0.3 is 5.97 Å². The molecule has 110 valence electrons. The van der Waals surface area contributed by atoms with Crippen LogP contribution in [0.25, 0.3) is 0 Å². The fourth-order valence-electron chi connectivity index (χ4n) is 1.67. The first-order valence-electron chi connectivity index (χ1n) is 6.39. The van der Waals surface area contributed by atoms with E-state index < -0.39 is 5.97 Å². The van der Waals surface area contributed by atoms with Gasteiger partial charge in [0.05, 0.1) is 6.61 Å². The van der Waals surface area contributed by atoms with Gasteiger partial charge in [0.2, 0.25) is 0 Å². The number of nitrogen functional groups attached to an aromatic ring is 1. The number of esters is 1. The molecule has 0 spiro atoms. The predicted octanol–water partition coefficient (Wildman–Crippen LogP) is 2.61. The minimum atomic E-state index is -0.585. The summed E-state index contributed by atoms with van der Waals surface area (Å²) in [6.07, 6.45) is 0. The highest BCUT2D eigenvalue weighted by Crippen LogP contribution is 2.22. The number of nitrogens with one attached hydrogen (secondary N) is 1. The van der Waals surface area contributed by atoms with Crippen molar-refractivity contribution in [1.82, 2.24) is 9.97 Å². The molecule has 1 aromatic carbocycles. The van der Waals surface area contributed by atoms with Crippen molar-refractivity contribution in [2.75, 3.05) is 17.7 Å². The molecule has 0 saturated heterocycles. The molecule has 0 unspecified atom stereocenters. The zero-order valence-corrected chi connectivity index (χ0v) is 13.1. The third kappa shape index (κ3) is 3.91. The molecular formula is C14H15BrN4O2. The lowest BCUT2D eigenvalue weighted by molar-refractivity contribution is 0.0520. The van der Waals surface area contributed by atoms with Gasteiger partial charge in [0, 0.05) is 6.54 Å². The highest BCUT2D eigenvalue weighted by molar-refractivity contribution is 9.10. The Bertz CT molecular complexity index is 634. The summed E-state index contributed by atoms with van der Waals surface area (Å²) >= 11 is 3.27. The Morgan fingerprint density at radius 3 is 2.71 bits per heavy atom. The lowest BCUT2D eigenvalue weighted by Crippen LogP contribution is -2.14. The van der Waals surface area contributed by atoms with Crippen LogP contribution < -0.4 is 11.1 Å². The van der Waals surface area contributed by atoms with Crippen molar-refractivity contribution in [3.63, 3.8) is 0 Å². The first-order valence-corrected chi connectivity index (χ1v) is 7.19. The van der Waals surface area contributed by atoms with Gasteiger partial charge in [0.25, 0.3) is 0 Å². The summed E-state index contributed by atoms with van der Waals surface area (Å²) in [5.41, 5.74) is 6.86. The molecule has 3 N–H and O–H groups in total. The van der Waals surface area contributed by atoms with Gasteiger partial charge in [-0.3, -0.25) is 0 Å². The van der Waals surface area contributed by atoms with Crippen LogP contribution >= 0.6 is 15.9 Å². The molecule has 0 fully saturated rings. The maximum absolute atomic E-state index is 11.7. The van der Waals surface area contributed by atoms with Gasteiger partial charge in [-0.05, 0) is 28.4 Å². The van der Waals surface area contributed by atoms with Gasteiger partial charge in [-0.1, -0.05) is 30.3 Å². The number of hydrogen-bond acceptors (Lipinski definition) is 6. The zero-order valence-electron chi connectivity index (χ0n) is 11.5. The largest absolute Gasteiger partial charge is 0.461 e. The molecule has 1 aromatic heterocycles. The Hall–Kier alpha value is -2.15. The third-order valence-corrected chi connectivity index (χ3v) is 3.20. The summed E-state index contributed by atoms with van der Waals surface area (Å²) in [6.45, 7) is 2.55. The van der Waals surface area contributed by atoms with Crippen molar-refractivity contribution in [1.29, 1.82) is 0 Å². The fraction of sp³-hybridized carbons (Fsp3) is 0.214. The highest BCUT2D eigenvalue weighted by atomic mass is 79.9.